The highest BCUT2D eigenvalue weighted by atomic mass is 127. The molecule has 13 heavy (non-hydrogen) atoms. The lowest BCUT2D eigenvalue weighted by atomic mass is 10.5. The smallest absolute Gasteiger partial charge is 0.225 e. The second-order valence-electron chi connectivity index (χ2n) is 2.53. The summed E-state index contributed by atoms with van der Waals surface area (Å²) in [5.74, 6) is 0.766. The average molecular weight is 289 g/mol. The molecule has 0 N–H and O–H groups in total. The van der Waals surface area contributed by atoms with Crippen molar-refractivity contribution in [3.05, 3.63) is 28.6 Å². The van der Waals surface area contributed by atoms with E-state index < -0.39 is 0 Å². The van der Waals surface area contributed by atoms with Crippen LogP contribution in [0.15, 0.2) is 25.0 Å². The Hall–Kier alpha value is -0.650. The second-order valence-corrected chi connectivity index (χ2v) is 3.77. The van der Waals surface area contributed by atoms with Gasteiger partial charge in [-0.2, -0.15) is 0 Å². The molecular formula is C9H12IN3. The summed E-state index contributed by atoms with van der Waals surface area (Å²) in [7, 11) is 0. The Labute approximate surface area is 92.0 Å². The number of anilines is 1. The van der Waals surface area contributed by atoms with Crippen molar-refractivity contribution in [3.8, 4) is 0 Å². The van der Waals surface area contributed by atoms with Crippen LogP contribution >= 0.6 is 22.6 Å². The molecule has 0 aliphatic heterocycles. The minimum atomic E-state index is 0.766. The fourth-order valence-electron chi connectivity index (χ4n) is 0.977. The van der Waals surface area contributed by atoms with Gasteiger partial charge in [0.25, 0.3) is 0 Å². The molecule has 0 bridgehead atoms. The number of hydrogen-bond acceptors (Lipinski definition) is 3. The fourth-order valence-corrected chi connectivity index (χ4v) is 1.26. The zero-order chi connectivity index (χ0) is 9.68. The first kappa shape index (κ1) is 10.4. The van der Waals surface area contributed by atoms with E-state index in [1.807, 2.05) is 18.5 Å². The van der Waals surface area contributed by atoms with Gasteiger partial charge >= 0.3 is 0 Å². The van der Waals surface area contributed by atoms with E-state index in [1.54, 1.807) is 0 Å². The van der Waals surface area contributed by atoms with Crippen LogP contribution in [0, 0.1) is 3.57 Å². The molecule has 3 nitrogen and oxygen atoms in total. The highest BCUT2D eigenvalue weighted by Crippen LogP contribution is 2.07. The van der Waals surface area contributed by atoms with E-state index in [9.17, 15) is 0 Å². The summed E-state index contributed by atoms with van der Waals surface area (Å²) >= 11 is 2.19. The second kappa shape index (κ2) is 5.16. The Morgan fingerprint density at radius 1 is 1.54 bits per heavy atom. The maximum Gasteiger partial charge on any atom is 0.225 e. The van der Waals surface area contributed by atoms with Gasteiger partial charge in [0.15, 0.2) is 0 Å². The summed E-state index contributed by atoms with van der Waals surface area (Å²) < 4.78 is 1.05. The predicted molar refractivity (Wildman–Crippen MR) is 62.8 cm³/mol. The molecule has 0 fully saturated rings. The van der Waals surface area contributed by atoms with Crippen LogP contribution < -0.4 is 4.90 Å². The number of halogens is 1. The molecule has 0 radical (unpaired) electrons. The average Bonchev–Trinajstić information content (AvgIpc) is 2.16. The van der Waals surface area contributed by atoms with E-state index in [-0.39, 0.29) is 0 Å². The number of nitrogens with zero attached hydrogens (tertiary/aromatic N) is 3. The van der Waals surface area contributed by atoms with Gasteiger partial charge in [-0.05, 0) is 29.5 Å². The van der Waals surface area contributed by atoms with Gasteiger partial charge in [0.2, 0.25) is 5.95 Å². The van der Waals surface area contributed by atoms with Gasteiger partial charge in [0.1, 0.15) is 0 Å². The van der Waals surface area contributed by atoms with Gasteiger partial charge in [-0.25, -0.2) is 9.97 Å². The summed E-state index contributed by atoms with van der Waals surface area (Å²) in [4.78, 5) is 10.5. The molecule has 1 heterocycles. The van der Waals surface area contributed by atoms with Gasteiger partial charge in [-0.15, -0.1) is 6.58 Å². The molecule has 0 atom stereocenters. The minimum absolute atomic E-state index is 0.766. The van der Waals surface area contributed by atoms with Gasteiger partial charge in [0.05, 0.1) is 0 Å². The molecule has 70 valence electrons. The molecule has 1 rings (SSSR count). The first-order valence-corrected chi connectivity index (χ1v) is 5.19. The van der Waals surface area contributed by atoms with Crippen molar-refractivity contribution in [2.45, 2.75) is 6.92 Å². The van der Waals surface area contributed by atoms with Crippen LogP contribution in [-0.2, 0) is 0 Å². The van der Waals surface area contributed by atoms with Crippen LogP contribution in [-0.4, -0.2) is 23.1 Å². The SMILES string of the molecule is C=CCN(CC)c1ncc(I)cn1. The van der Waals surface area contributed by atoms with Crippen molar-refractivity contribution >= 4 is 28.5 Å². The Bertz CT molecular complexity index is 271. The van der Waals surface area contributed by atoms with Crippen molar-refractivity contribution in [1.82, 2.24) is 9.97 Å². The van der Waals surface area contributed by atoms with E-state index in [2.05, 4.69) is 51.0 Å². The van der Waals surface area contributed by atoms with E-state index >= 15 is 0 Å². The molecule has 0 aromatic carbocycles. The lowest BCUT2D eigenvalue weighted by molar-refractivity contribution is 0.851. The number of aromatic nitrogens is 2. The first-order chi connectivity index (χ1) is 6.27. The third-order valence-corrected chi connectivity index (χ3v) is 2.18. The van der Waals surface area contributed by atoms with E-state index in [0.29, 0.717) is 0 Å². The Balaban J connectivity index is 2.78. The maximum absolute atomic E-state index is 4.23. The number of hydrogen-bond donors (Lipinski definition) is 0. The molecule has 0 saturated carbocycles. The quantitative estimate of drug-likeness (QED) is 0.628. The Kier molecular flexibility index (Phi) is 4.14. The van der Waals surface area contributed by atoms with Crippen molar-refractivity contribution in [3.63, 3.8) is 0 Å². The Morgan fingerprint density at radius 3 is 2.62 bits per heavy atom. The molecule has 1 aromatic heterocycles. The summed E-state index contributed by atoms with van der Waals surface area (Å²) in [5, 5.41) is 0. The molecule has 0 saturated heterocycles. The van der Waals surface area contributed by atoms with Crippen molar-refractivity contribution in [2.24, 2.45) is 0 Å². The van der Waals surface area contributed by atoms with Gasteiger partial charge in [-0.1, -0.05) is 6.08 Å². The lowest BCUT2D eigenvalue weighted by Crippen LogP contribution is -2.24. The molecule has 0 aliphatic rings. The van der Waals surface area contributed by atoms with Crippen LogP contribution in [0.2, 0.25) is 0 Å². The predicted octanol–water partition coefficient (Wildman–Crippen LogP) is 2.09. The van der Waals surface area contributed by atoms with Crippen LogP contribution in [0.25, 0.3) is 0 Å². The van der Waals surface area contributed by atoms with Gasteiger partial charge in [0, 0.05) is 29.1 Å². The molecule has 1 aromatic rings. The normalized spacial score (nSPS) is 9.69. The lowest BCUT2D eigenvalue weighted by Gasteiger charge is -2.17. The zero-order valence-electron chi connectivity index (χ0n) is 7.57. The summed E-state index contributed by atoms with van der Waals surface area (Å²) in [6.45, 7) is 7.45. The summed E-state index contributed by atoms with van der Waals surface area (Å²) in [6, 6.07) is 0. The van der Waals surface area contributed by atoms with Crippen LogP contribution in [0.1, 0.15) is 6.92 Å². The maximum atomic E-state index is 4.23. The van der Waals surface area contributed by atoms with E-state index in [4.69, 9.17) is 0 Å². The first-order valence-electron chi connectivity index (χ1n) is 4.11. The number of rotatable bonds is 4. The monoisotopic (exact) mass is 289 g/mol. The van der Waals surface area contributed by atoms with Gasteiger partial charge in [-0.3, -0.25) is 0 Å². The summed E-state index contributed by atoms with van der Waals surface area (Å²) in [6.07, 6.45) is 5.48. The Morgan fingerprint density at radius 2 is 2.15 bits per heavy atom. The van der Waals surface area contributed by atoms with E-state index in [0.717, 1.165) is 22.6 Å². The third kappa shape index (κ3) is 2.95. The molecule has 4 heteroatoms. The number of likely N-dealkylation sites (N-methyl/N-ethyl adjacent to an activating group) is 1. The molecule has 0 spiro atoms. The van der Waals surface area contributed by atoms with Crippen LogP contribution in [0.3, 0.4) is 0 Å². The van der Waals surface area contributed by atoms with Crippen molar-refractivity contribution < 1.29 is 0 Å². The van der Waals surface area contributed by atoms with Crippen LogP contribution in [0.4, 0.5) is 5.95 Å². The standard InChI is InChI=1S/C9H12IN3/c1-3-5-13(4-2)9-11-6-8(10)7-12-9/h3,6-7H,1,4-5H2,2H3. The molecule has 0 aliphatic carbocycles. The fraction of sp³-hybridized carbons (Fsp3) is 0.333. The summed E-state index contributed by atoms with van der Waals surface area (Å²) in [5.41, 5.74) is 0. The third-order valence-electron chi connectivity index (χ3n) is 1.62. The zero-order valence-corrected chi connectivity index (χ0v) is 9.73. The highest BCUT2D eigenvalue weighted by molar-refractivity contribution is 14.1. The van der Waals surface area contributed by atoms with Crippen molar-refractivity contribution in [2.75, 3.05) is 18.0 Å². The molecular weight excluding hydrogens is 277 g/mol. The highest BCUT2D eigenvalue weighted by Gasteiger charge is 2.03. The van der Waals surface area contributed by atoms with E-state index in [1.165, 1.54) is 0 Å². The van der Waals surface area contributed by atoms with Gasteiger partial charge < -0.3 is 4.90 Å². The topological polar surface area (TPSA) is 29.0 Å². The molecule has 0 amide bonds. The van der Waals surface area contributed by atoms with Crippen LogP contribution in [0.5, 0.6) is 0 Å². The minimum Gasteiger partial charge on any atom is -0.337 e. The van der Waals surface area contributed by atoms with Crippen molar-refractivity contribution in [1.29, 1.82) is 0 Å². The molecule has 0 unspecified atom stereocenters. The largest absolute Gasteiger partial charge is 0.337 e.